The van der Waals surface area contributed by atoms with Crippen molar-refractivity contribution in [1.29, 1.82) is 0 Å². The van der Waals surface area contributed by atoms with Gasteiger partial charge in [-0.05, 0) is 36.4 Å². The summed E-state index contributed by atoms with van der Waals surface area (Å²) < 4.78 is 3.22. The van der Waals surface area contributed by atoms with Crippen molar-refractivity contribution >= 4 is 55.7 Å². The summed E-state index contributed by atoms with van der Waals surface area (Å²) in [5.41, 5.74) is 2.15. The number of nitrogens with one attached hydrogen (secondary N) is 1. The Labute approximate surface area is 141 Å². The van der Waals surface area contributed by atoms with Crippen LogP contribution in [0.25, 0.3) is 10.9 Å². The number of halogens is 3. The Morgan fingerprint density at radius 3 is 2.76 bits per heavy atom. The van der Waals surface area contributed by atoms with Crippen LogP contribution in [0.1, 0.15) is 0 Å². The van der Waals surface area contributed by atoms with E-state index < -0.39 is 0 Å². The quantitative estimate of drug-likeness (QED) is 0.600. The summed E-state index contributed by atoms with van der Waals surface area (Å²) in [5.74, 6) is 0. The fraction of sp³-hybridized carbons (Fsp3) is 0.125. The maximum atomic E-state index is 6.20. The van der Waals surface area contributed by atoms with E-state index in [0.717, 1.165) is 34.2 Å². The van der Waals surface area contributed by atoms with Crippen molar-refractivity contribution in [1.82, 2.24) is 4.57 Å². The van der Waals surface area contributed by atoms with Crippen LogP contribution < -0.4 is 5.32 Å². The fourth-order valence-electron chi connectivity index (χ4n) is 2.33. The van der Waals surface area contributed by atoms with Crippen LogP contribution in [0.4, 0.5) is 5.69 Å². The molecule has 0 saturated heterocycles. The molecule has 0 unspecified atom stereocenters. The molecule has 108 valence electrons. The molecule has 0 fully saturated rings. The Hall–Kier alpha value is -1.16. The van der Waals surface area contributed by atoms with E-state index in [4.69, 9.17) is 23.2 Å². The highest BCUT2D eigenvalue weighted by Crippen LogP contribution is 2.28. The smallest absolute Gasteiger partial charge is 0.0514 e. The number of hydrogen-bond acceptors (Lipinski definition) is 1. The van der Waals surface area contributed by atoms with Crippen LogP contribution in [0.5, 0.6) is 0 Å². The Morgan fingerprint density at radius 2 is 1.95 bits per heavy atom. The third-order valence-corrected chi connectivity index (χ3v) is 4.33. The second kappa shape index (κ2) is 6.30. The van der Waals surface area contributed by atoms with E-state index in [2.05, 4.69) is 31.9 Å². The maximum absolute atomic E-state index is 6.20. The maximum Gasteiger partial charge on any atom is 0.0514 e. The number of fused-ring (bicyclic) bond motifs is 1. The lowest BCUT2D eigenvalue weighted by atomic mass is 10.2. The van der Waals surface area contributed by atoms with Gasteiger partial charge in [0.1, 0.15) is 0 Å². The van der Waals surface area contributed by atoms with Gasteiger partial charge in [-0.25, -0.2) is 0 Å². The lowest BCUT2D eigenvalue weighted by molar-refractivity contribution is 0.757. The van der Waals surface area contributed by atoms with E-state index in [9.17, 15) is 0 Å². The van der Waals surface area contributed by atoms with Gasteiger partial charge in [0, 0.05) is 39.9 Å². The van der Waals surface area contributed by atoms with Gasteiger partial charge in [-0.15, -0.1) is 0 Å². The van der Waals surface area contributed by atoms with Crippen LogP contribution in [0.3, 0.4) is 0 Å². The minimum absolute atomic E-state index is 0.660. The van der Waals surface area contributed by atoms with Gasteiger partial charge in [-0.3, -0.25) is 0 Å². The van der Waals surface area contributed by atoms with E-state index >= 15 is 0 Å². The van der Waals surface area contributed by atoms with Crippen LogP contribution in [0, 0.1) is 0 Å². The first-order valence-electron chi connectivity index (χ1n) is 6.57. The molecule has 0 saturated carbocycles. The molecule has 1 N–H and O–H groups in total. The molecule has 1 heterocycles. The molecule has 3 rings (SSSR count). The second-order valence-corrected chi connectivity index (χ2v) is 6.53. The molecule has 0 aliphatic carbocycles. The highest BCUT2D eigenvalue weighted by Gasteiger charge is 2.06. The number of benzene rings is 2. The van der Waals surface area contributed by atoms with E-state index in [1.807, 2.05) is 36.5 Å². The molecule has 0 atom stereocenters. The van der Waals surface area contributed by atoms with Crippen LogP contribution in [-0.2, 0) is 6.54 Å². The molecule has 0 amide bonds. The van der Waals surface area contributed by atoms with Crippen molar-refractivity contribution in [3.05, 3.63) is 63.2 Å². The molecule has 1 aromatic heterocycles. The second-order valence-electron chi connectivity index (χ2n) is 4.77. The molecule has 21 heavy (non-hydrogen) atoms. The first-order valence-corrected chi connectivity index (χ1v) is 8.12. The van der Waals surface area contributed by atoms with Gasteiger partial charge < -0.3 is 9.88 Å². The fourth-order valence-corrected chi connectivity index (χ4v) is 3.28. The zero-order valence-corrected chi connectivity index (χ0v) is 14.2. The zero-order chi connectivity index (χ0) is 14.8. The Balaban J connectivity index is 1.74. The summed E-state index contributed by atoms with van der Waals surface area (Å²) >= 11 is 15.8. The summed E-state index contributed by atoms with van der Waals surface area (Å²) in [7, 11) is 0. The summed E-state index contributed by atoms with van der Waals surface area (Å²) in [6, 6.07) is 13.9. The summed E-state index contributed by atoms with van der Waals surface area (Å²) in [6.45, 7) is 1.66. The molecule has 0 aliphatic heterocycles. The van der Waals surface area contributed by atoms with Gasteiger partial charge in [0.15, 0.2) is 0 Å². The minimum atomic E-state index is 0.660. The molecule has 3 aromatic rings. The third-order valence-electron chi connectivity index (χ3n) is 3.31. The predicted octanol–water partition coefficient (Wildman–Crippen LogP) is 5.82. The largest absolute Gasteiger partial charge is 0.383 e. The molecule has 0 radical (unpaired) electrons. The van der Waals surface area contributed by atoms with Gasteiger partial charge >= 0.3 is 0 Å². The molecule has 2 nitrogen and oxygen atoms in total. The Kier molecular flexibility index (Phi) is 4.43. The number of rotatable bonds is 4. The first kappa shape index (κ1) is 14.8. The molecule has 0 aliphatic rings. The van der Waals surface area contributed by atoms with E-state index in [1.165, 1.54) is 0 Å². The molecule has 0 bridgehead atoms. The number of nitrogens with zero attached hydrogens (tertiary/aromatic N) is 1. The molecule has 2 aromatic carbocycles. The summed E-state index contributed by atoms with van der Waals surface area (Å²) in [4.78, 5) is 0. The van der Waals surface area contributed by atoms with Gasteiger partial charge in [-0.2, -0.15) is 0 Å². The van der Waals surface area contributed by atoms with Crippen LogP contribution in [-0.4, -0.2) is 11.1 Å². The van der Waals surface area contributed by atoms with Gasteiger partial charge in [0.25, 0.3) is 0 Å². The Bertz CT molecular complexity index is 783. The molecule has 0 spiro atoms. The highest BCUT2D eigenvalue weighted by atomic mass is 79.9. The van der Waals surface area contributed by atoms with Crippen LogP contribution in [0.15, 0.2) is 53.1 Å². The van der Waals surface area contributed by atoms with Gasteiger partial charge in [0.05, 0.1) is 10.5 Å². The average molecular weight is 384 g/mol. The van der Waals surface area contributed by atoms with Crippen molar-refractivity contribution < 1.29 is 0 Å². The number of aromatic nitrogens is 1. The lowest BCUT2D eigenvalue weighted by Crippen LogP contribution is -2.09. The monoisotopic (exact) mass is 382 g/mol. The topological polar surface area (TPSA) is 17.0 Å². The standard InChI is InChI=1S/C16H13BrCl2N2/c17-11-2-1-3-13(8-11)20-5-7-21-6-4-14-15(19)9-12(18)10-16(14)21/h1-4,6,8-10,20H,5,7H2. The molecule has 5 heteroatoms. The highest BCUT2D eigenvalue weighted by molar-refractivity contribution is 9.10. The number of anilines is 1. The summed E-state index contributed by atoms with van der Waals surface area (Å²) in [6.07, 6.45) is 2.04. The minimum Gasteiger partial charge on any atom is -0.383 e. The van der Waals surface area contributed by atoms with Crippen LogP contribution in [0.2, 0.25) is 10.0 Å². The van der Waals surface area contributed by atoms with Crippen molar-refractivity contribution in [3.8, 4) is 0 Å². The Morgan fingerprint density at radius 1 is 1.10 bits per heavy atom. The van der Waals surface area contributed by atoms with Gasteiger partial charge in [0.2, 0.25) is 0 Å². The SMILES string of the molecule is Clc1cc(Cl)c2ccn(CCNc3cccc(Br)c3)c2c1. The predicted molar refractivity (Wildman–Crippen MR) is 94.6 cm³/mol. The first-order chi connectivity index (χ1) is 10.1. The van der Waals surface area contributed by atoms with Crippen molar-refractivity contribution in [2.75, 3.05) is 11.9 Å². The van der Waals surface area contributed by atoms with Crippen molar-refractivity contribution in [3.63, 3.8) is 0 Å². The van der Waals surface area contributed by atoms with Crippen molar-refractivity contribution in [2.45, 2.75) is 6.54 Å². The number of hydrogen-bond donors (Lipinski definition) is 1. The van der Waals surface area contributed by atoms with Crippen molar-refractivity contribution in [2.24, 2.45) is 0 Å². The summed E-state index contributed by atoms with van der Waals surface area (Å²) in [5, 5.41) is 5.78. The zero-order valence-electron chi connectivity index (χ0n) is 11.1. The van der Waals surface area contributed by atoms with Gasteiger partial charge in [-0.1, -0.05) is 45.2 Å². The van der Waals surface area contributed by atoms with E-state index in [0.29, 0.717) is 10.0 Å². The lowest BCUT2D eigenvalue weighted by Gasteiger charge is -2.09. The third kappa shape index (κ3) is 3.37. The molecular weight excluding hydrogens is 371 g/mol. The normalized spacial score (nSPS) is 11.0. The van der Waals surface area contributed by atoms with E-state index in [1.54, 1.807) is 6.07 Å². The van der Waals surface area contributed by atoms with E-state index in [-0.39, 0.29) is 0 Å². The molecular formula is C16H13BrCl2N2. The van der Waals surface area contributed by atoms with Crippen LogP contribution >= 0.6 is 39.1 Å². The average Bonchev–Trinajstić information content (AvgIpc) is 2.82.